The molecule has 0 unspecified atom stereocenters. The summed E-state index contributed by atoms with van der Waals surface area (Å²) in [5, 5.41) is 5.44. The van der Waals surface area contributed by atoms with Crippen molar-refractivity contribution in [2.75, 3.05) is 15.4 Å². The number of benzene rings is 3. The summed E-state index contributed by atoms with van der Waals surface area (Å²) >= 11 is 0. The fraction of sp³-hybridized carbons (Fsp3) is 0.0909. The van der Waals surface area contributed by atoms with Gasteiger partial charge in [-0.1, -0.05) is 29.8 Å². The summed E-state index contributed by atoms with van der Waals surface area (Å²) < 4.78 is 28.3. The molecule has 1 heterocycles. The number of para-hydroxylation sites is 1. The van der Waals surface area contributed by atoms with E-state index < -0.39 is 15.9 Å². The maximum Gasteiger partial charge on any atom is 0.261 e. The van der Waals surface area contributed by atoms with Crippen LogP contribution >= 0.6 is 0 Å². The number of carbonyl (C=O) groups is 2. The van der Waals surface area contributed by atoms with Crippen molar-refractivity contribution in [3.63, 3.8) is 0 Å². The number of nitrogens with one attached hydrogen (secondary N) is 3. The Morgan fingerprint density at radius 2 is 1.73 bits per heavy atom. The molecule has 0 bridgehead atoms. The van der Waals surface area contributed by atoms with Crippen molar-refractivity contribution in [1.82, 2.24) is 0 Å². The van der Waals surface area contributed by atoms with Crippen molar-refractivity contribution in [2.24, 2.45) is 0 Å². The molecule has 0 aromatic heterocycles. The van der Waals surface area contributed by atoms with Crippen LogP contribution in [0.1, 0.15) is 21.5 Å². The van der Waals surface area contributed by atoms with Crippen LogP contribution in [0.3, 0.4) is 0 Å². The van der Waals surface area contributed by atoms with E-state index in [0.717, 1.165) is 5.56 Å². The van der Waals surface area contributed by atoms with Crippen LogP contribution in [-0.2, 0) is 21.2 Å². The number of hydrogen-bond donors (Lipinski definition) is 3. The molecular weight excluding hydrogens is 402 g/mol. The van der Waals surface area contributed by atoms with Gasteiger partial charge in [-0.3, -0.25) is 14.3 Å². The minimum atomic E-state index is -3.96. The van der Waals surface area contributed by atoms with Crippen molar-refractivity contribution in [2.45, 2.75) is 18.2 Å². The zero-order valence-corrected chi connectivity index (χ0v) is 16.9. The van der Waals surface area contributed by atoms with Gasteiger partial charge in [0.25, 0.3) is 15.9 Å². The normalized spacial score (nSPS) is 12.8. The van der Waals surface area contributed by atoms with E-state index in [1.807, 2.05) is 19.1 Å². The van der Waals surface area contributed by atoms with Gasteiger partial charge >= 0.3 is 0 Å². The largest absolute Gasteiger partial charge is 0.326 e. The third-order valence-corrected chi connectivity index (χ3v) is 6.10. The fourth-order valence-electron chi connectivity index (χ4n) is 3.18. The van der Waals surface area contributed by atoms with E-state index in [0.29, 0.717) is 16.9 Å². The number of aryl methyl sites for hydroxylation is 1. The van der Waals surface area contributed by atoms with Gasteiger partial charge in [0.05, 0.1) is 22.6 Å². The van der Waals surface area contributed by atoms with E-state index in [9.17, 15) is 18.0 Å². The zero-order chi connectivity index (χ0) is 21.3. The first-order chi connectivity index (χ1) is 14.3. The summed E-state index contributed by atoms with van der Waals surface area (Å²) in [5.41, 5.74) is 3.26. The molecule has 1 aliphatic rings. The number of rotatable bonds is 5. The van der Waals surface area contributed by atoms with Gasteiger partial charge in [-0.25, -0.2) is 8.42 Å². The number of anilines is 3. The second kappa shape index (κ2) is 7.64. The highest BCUT2D eigenvalue weighted by Gasteiger charge is 2.23. The van der Waals surface area contributed by atoms with Gasteiger partial charge in [0.1, 0.15) is 0 Å². The van der Waals surface area contributed by atoms with E-state index >= 15 is 0 Å². The smallest absolute Gasteiger partial charge is 0.261 e. The van der Waals surface area contributed by atoms with Crippen LogP contribution in [-0.4, -0.2) is 20.2 Å². The van der Waals surface area contributed by atoms with Crippen molar-refractivity contribution >= 4 is 38.9 Å². The number of sulfonamides is 1. The maximum absolute atomic E-state index is 12.9. The van der Waals surface area contributed by atoms with Gasteiger partial charge in [-0.15, -0.1) is 0 Å². The van der Waals surface area contributed by atoms with Crippen molar-refractivity contribution < 1.29 is 18.0 Å². The predicted octanol–water partition coefficient (Wildman–Crippen LogP) is 3.54. The number of fused-ring (bicyclic) bond motifs is 1. The topological polar surface area (TPSA) is 104 Å². The Kier molecular flexibility index (Phi) is 5.01. The highest BCUT2D eigenvalue weighted by Crippen LogP contribution is 2.27. The molecule has 2 amide bonds. The standard InChI is InChI=1S/C22H19N3O4S/c1-14-6-8-16(9-7-14)23-22(27)18-4-2-3-5-20(18)25-30(28,29)17-10-11-19-15(12-17)13-21(26)24-19/h2-12,25H,13H2,1H3,(H,23,27)(H,24,26). The first-order valence-electron chi connectivity index (χ1n) is 9.24. The Morgan fingerprint density at radius 1 is 1.00 bits per heavy atom. The SMILES string of the molecule is Cc1ccc(NC(=O)c2ccccc2NS(=O)(=O)c2ccc3c(c2)CC(=O)N3)cc1. The summed E-state index contributed by atoms with van der Waals surface area (Å²) in [6.45, 7) is 1.95. The molecule has 0 fully saturated rings. The fourth-order valence-corrected chi connectivity index (χ4v) is 4.31. The average molecular weight is 421 g/mol. The van der Waals surface area contributed by atoms with E-state index in [4.69, 9.17) is 0 Å². The van der Waals surface area contributed by atoms with Crippen LogP contribution < -0.4 is 15.4 Å². The Hall–Kier alpha value is -3.65. The lowest BCUT2D eigenvalue weighted by Gasteiger charge is -2.13. The van der Waals surface area contributed by atoms with E-state index in [2.05, 4.69) is 15.4 Å². The molecule has 0 spiro atoms. The maximum atomic E-state index is 12.9. The second-order valence-electron chi connectivity index (χ2n) is 7.02. The monoisotopic (exact) mass is 421 g/mol. The molecule has 0 saturated heterocycles. The van der Waals surface area contributed by atoms with Crippen molar-refractivity contribution in [3.8, 4) is 0 Å². The van der Waals surface area contributed by atoms with Crippen LogP contribution in [0.4, 0.5) is 17.1 Å². The molecule has 0 atom stereocenters. The second-order valence-corrected chi connectivity index (χ2v) is 8.70. The Balaban J connectivity index is 1.59. The lowest BCUT2D eigenvalue weighted by atomic mass is 10.1. The zero-order valence-electron chi connectivity index (χ0n) is 16.1. The first-order valence-corrected chi connectivity index (χ1v) is 10.7. The number of amides is 2. The van der Waals surface area contributed by atoms with Gasteiger partial charge in [0.15, 0.2) is 0 Å². The van der Waals surface area contributed by atoms with E-state index in [1.54, 1.807) is 36.4 Å². The third-order valence-electron chi connectivity index (χ3n) is 4.74. The molecule has 8 heteroatoms. The molecule has 3 aromatic carbocycles. The summed E-state index contributed by atoms with van der Waals surface area (Å²) in [6, 6.07) is 18.1. The molecular formula is C22H19N3O4S. The van der Waals surface area contributed by atoms with Crippen molar-refractivity contribution in [1.29, 1.82) is 0 Å². The van der Waals surface area contributed by atoms with Gasteiger partial charge in [-0.05, 0) is 55.0 Å². The summed E-state index contributed by atoms with van der Waals surface area (Å²) in [7, 11) is -3.96. The molecule has 0 saturated carbocycles. The van der Waals surface area contributed by atoms with Crippen LogP contribution in [0.15, 0.2) is 71.6 Å². The minimum Gasteiger partial charge on any atom is -0.326 e. The number of carbonyl (C=O) groups excluding carboxylic acids is 2. The Bertz CT molecular complexity index is 1250. The molecule has 0 radical (unpaired) electrons. The summed E-state index contributed by atoms with van der Waals surface area (Å²) in [4.78, 5) is 24.3. The average Bonchev–Trinajstić information content (AvgIpc) is 3.09. The molecule has 0 aliphatic carbocycles. The highest BCUT2D eigenvalue weighted by atomic mass is 32.2. The molecule has 152 valence electrons. The van der Waals surface area contributed by atoms with E-state index in [1.165, 1.54) is 18.2 Å². The Morgan fingerprint density at radius 3 is 2.50 bits per heavy atom. The predicted molar refractivity (Wildman–Crippen MR) is 115 cm³/mol. The highest BCUT2D eigenvalue weighted by molar-refractivity contribution is 7.92. The quantitative estimate of drug-likeness (QED) is 0.586. The molecule has 4 rings (SSSR count). The Labute approximate surface area is 174 Å². The van der Waals surface area contributed by atoms with Crippen molar-refractivity contribution in [3.05, 3.63) is 83.4 Å². The lowest BCUT2D eigenvalue weighted by molar-refractivity contribution is -0.115. The molecule has 3 N–H and O–H groups in total. The lowest BCUT2D eigenvalue weighted by Crippen LogP contribution is -2.18. The molecule has 30 heavy (non-hydrogen) atoms. The first kappa shape index (κ1) is 19.7. The molecule has 1 aliphatic heterocycles. The van der Waals surface area contributed by atoms with Gasteiger partial charge in [0, 0.05) is 11.4 Å². The number of hydrogen-bond acceptors (Lipinski definition) is 4. The van der Waals surface area contributed by atoms with Crippen LogP contribution in [0.25, 0.3) is 0 Å². The van der Waals surface area contributed by atoms with E-state index in [-0.39, 0.29) is 28.5 Å². The van der Waals surface area contributed by atoms with Gasteiger partial charge in [0.2, 0.25) is 5.91 Å². The van der Waals surface area contributed by atoms with Crippen LogP contribution in [0.2, 0.25) is 0 Å². The summed E-state index contributed by atoms with van der Waals surface area (Å²) in [6.07, 6.45) is 0.133. The molecule has 7 nitrogen and oxygen atoms in total. The van der Waals surface area contributed by atoms with Crippen LogP contribution in [0, 0.1) is 6.92 Å². The third kappa shape index (κ3) is 4.04. The molecule has 3 aromatic rings. The van der Waals surface area contributed by atoms with Gasteiger partial charge in [-0.2, -0.15) is 0 Å². The minimum absolute atomic E-state index is 0.0199. The van der Waals surface area contributed by atoms with Gasteiger partial charge < -0.3 is 10.6 Å². The van der Waals surface area contributed by atoms with Crippen LogP contribution in [0.5, 0.6) is 0 Å². The summed E-state index contributed by atoms with van der Waals surface area (Å²) in [5.74, 6) is -0.605.